The Kier molecular flexibility index (Phi) is 5.14. The number of hydrogen-bond acceptors (Lipinski definition) is 4. The quantitative estimate of drug-likeness (QED) is 0.459. The van der Waals surface area contributed by atoms with E-state index in [1.807, 2.05) is 87.5 Å². The predicted octanol–water partition coefficient (Wildman–Crippen LogP) is 5.43. The number of carbonyl (C=O) groups excluding carboxylic acids is 2. The minimum absolute atomic E-state index is 0.224. The summed E-state index contributed by atoms with van der Waals surface area (Å²) in [5, 5.41) is 1.72. The molecule has 0 bridgehead atoms. The van der Waals surface area contributed by atoms with Crippen molar-refractivity contribution in [2.45, 2.75) is 32.9 Å². The summed E-state index contributed by atoms with van der Waals surface area (Å²) in [6, 6.07) is 21.0. The molecule has 3 atom stereocenters. The van der Waals surface area contributed by atoms with Crippen molar-refractivity contribution in [3.05, 3.63) is 93.5 Å². The summed E-state index contributed by atoms with van der Waals surface area (Å²) in [4.78, 5) is 34.9. The molecule has 2 saturated heterocycles. The fraction of sp³-hybridized carbons (Fsp3) is 0.231. The summed E-state index contributed by atoms with van der Waals surface area (Å²) in [6.07, 6.45) is -0.869. The topological polar surface area (TPSA) is 49.9 Å². The molecule has 2 heterocycles. The van der Waals surface area contributed by atoms with Gasteiger partial charge >= 0.3 is 0 Å². The minimum Gasteiger partial charge on any atom is -0.273 e. The first-order valence-electron chi connectivity index (χ1n) is 10.6. The number of para-hydroxylation sites is 1. The van der Waals surface area contributed by atoms with E-state index in [2.05, 4.69) is 15.9 Å². The van der Waals surface area contributed by atoms with Gasteiger partial charge in [-0.15, -0.1) is 0 Å². The second kappa shape index (κ2) is 7.87. The molecular formula is C26H23BrN2O3. The Bertz CT molecular complexity index is 1200. The summed E-state index contributed by atoms with van der Waals surface area (Å²) < 4.78 is 0.908. The Morgan fingerprint density at radius 2 is 1.53 bits per heavy atom. The average Bonchev–Trinajstić information content (AvgIpc) is 3.26. The molecule has 0 spiro atoms. The molecule has 0 unspecified atom stereocenters. The molecular weight excluding hydrogens is 468 g/mol. The maximum absolute atomic E-state index is 13.8. The van der Waals surface area contributed by atoms with Gasteiger partial charge in [-0.25, -0.2) is 9.96 Å². The van der Waals surface area contributed by atoms with Gasteiger partial charge in [0.25, 0.3) is 5.91 Å². The third-order valence-electron chi connectivity index (χ3n) is 6.18. The van der Waals surface area contributed by atoms with Crippen LogP contribution in [0.4, 0.5) is 11.4 Å². The van der Waals surface area contributed by atoms with Crippen molar-refractivity contribution >= 4 is 39.1 Å². The van der Waals surface area contributed by atoms with Crippen molar-refractivity contribution in [3.63, 3.8) is 0 Å². The van der Waals surface area contributed by atoms with Crippen LogP contribution in [0.2, 0.25) is 0 Å². The largest absolute Gasteiger partial charge is 0.273 e. The molecule has 0 aliphatic carbocycles. The van der Waals surface area contributed by atoms with Gasteiger partial charge in [0.1, 0.15) is 5.92 Å². The van der Waals surface area contributed by atoms with E-state index in [0.29, 0.717) is 5.69 Å². The number of benzene rings is 3. The van der Waals surface area contributed by atoms with Crippen molar-refractivity contribution in [1.29, 1.82) is 0 Å². The molecule has 0 aromatic heterocycles. The molecule has 0 radical (unpaired) electrons. The second-order valence-corrected chi connectivity index (χ2v) is 9.39. The number of fused-ring (bicyclic) bond motifs is 1. The molecule has 2 aliphatic rings. The lowest BCUT2D eigenvalue weighted by molar-refractivity contribution is -0.126. The molecule has 0 N–H and O–H groups in total. The lowest BCUT2D eigenvalue weighted by Gasteiger charge is -2.29. The third kappa shape index (κ3) is 3.26. The van der Waals surface area contributed by atoms with E-state index in [9.17, 15) is 9.59 Å². The Balaban J connectivity index is 1.62. The van der Waals surface area contributed by atoms with Crippen LogP contribution in [0.3, 0.4) is 0 Å². The van der Waals surface area contributed by atoms with Crippen LogP contribution in [0.1, 0.15) is 28.3 Å². The van der Waals surface area contributed by atoms with Gasteiger partial charge in [0.2, 0.25) is 5.91 Å². The summed E-state index contributed by atoms with van der Waals surface area (Å²) in [6.45, 7) is 5.89. The maximum atomic E-state index is 13.8. The average molecular weight is 491 g/mol. The van der Waals surface area contributed by atoms with E-state index in [1.165, 1.54) is 4.90 Å². The highest BCUT2D eigenvalue weighted by Crippen LogP contribution is 2.48. The molecule has 5 nitrogen and oxygen atoms in total. The van der Waals surface area contributed by atoms with E-state index < -0.39 is 18.1 Å². The Labute approximate surface area is 195 Å². The highest BCUT2D eigenvalue weighted by Gasteiger charge is 2.60. The summed E-state index contributed by atoms with van der Waals surface area (Å²) in [5.41, 5.74) is 5.30. The standard InChI is InChI=1S/C26H23BrN2O3/c1-15-12-16(2)22(17(3)13-15)28-25(30)21-23(18-8-7-9-19(27)14-18)29(32-24(21)26(28)31)20-10-5-4-6-11-20/h4-14,21,23-24H,1-3H3/t21-,23-,24-/m0/s1. The van der Waals surface area contributed by atoms with Crippen molar-refractivity contribution in [1.82, 2.24) is 0 Å². The Morgan fingerprint density at radius 1 is 0.844 bits per heavy atom. The highest BCUT2D eigenvalue weighted by molar-refractivity contribution is 9.10. The first kappa shape index (κ1) is 20.9. The lowest BCUT2D eigenvalue weighted by Crippen LogP contribution is -2.38. The van der Waals surface area contributed by atoms with Gasteiger partial charge in [-0.3, -0.25) is 14.4 Å². The smallest absolute Gasteiger partial charge is 0.266 e. The highest BCUT2D eigenvalue weighted by atomic mass is 79.9. The van der Waals surface area contributed by atoms with Crippen molar-refractivity contribution in [2.75, 3.05) is 9.96 Å². The number of imide groups is 1. The number of carbonyl (C=O) groups is 2. The minimum atomic E-state index is -0.869. The van der Waals surface area contributed by atoms with Crippen molar-refractivity contribution in [3.8, 4) is 0 Å². The predicted molar refractivity (Wildman–Crippen MR) is 127 cm³/mol. The number of hydroxylamine groups is 1. The zero-order chi connectivity index (χ0) is 22.6. The van der Waals surface area contributed by atoms with Gasteiger partial charge in [0, 0.05) is 4.47 Å². The van der Waals surface area contributed by atoms with Gasteiger partial charge in [0.15, 0.2) is 6.10 Å². The lowest BCUT2D eigenvalue weighted by atomic mass is 9.90. The van der Waals surface area contributed by atoms with Crippen LogP contribution in [0.25, 0.3) is 0 Å². The molecule has 162 valence electrons. The van der Waals surface area contributed by atoms with Crippen molar-refractivity contribution in [2.24, 2.45) is 5.92 Å². The molecule has 3 aromatic carbocycles. The van der Waals surface area contributed by atoms with Crippen LogP contribution in [-0.2, 0) is 14.4 Å². The first-order valence-corrected chi connectivity index (χ1v) is 11.4. The van der Waals surface area contributed by atoms with Crippen LogP contribution in [-0.4, -0.2) is 17.9 Å². The summed E-state index contributed by atoms with van der Waals surface area (Å²) >= 11 is 3.54. The number of halogens is 1. The number of rotatable bonds is 3. The van der Waals surface area contributed by atoms with Gasteiger partial charge in [-0.2, -0.15) is 0 Å². The van der Waals surface area contributed by atoms with Gasteiger partial charge < -0.3 is 0 Å². The van der Waals surface area contributed by atoms with E-state index in [4.69, 9.17) is 4.84 Å². The van der Waals surface area contributed by atoms with E-state index >= 15 is 0 Å². The normalized spacial score (nSPS) is 22.6. The third-order valence-corrected chi connectivity index (χ3v) is 6.67. The maximum Gasteiger partial charge on any atom is 0.266 e. The molecule has 0 saturated carbocycles. The monoisotopic (exact) mass is 490 g/mol. The molecule has 2 aliphatic heterocycles. The number of amides is 2. The van der Waals surface area contributed by atoms with Crippen LogP contribution < -0.4 is 9.96 Å². The van der Waals surface area contributed by atoms with Crippen LogP contribution in [0, 0.1) is 26.7 Å². The van der Waals surface area contributed by atoms with Gasteiger partial charge in [-0.05, 0) is 61.7 Å². The Morgan fingerprint density at radius 3 is 2.19 bits per heavy atom. The molecule has 32 heavy (non-hydrogen) atoms. The number of anilines is 2. The fourth-order valence-electron chi connectivity index (χ4n) is 4.99. The molecule has 2 fully saturated rings. The molecule has 3 aromatic rings. The zero-order valence-corrected chi connectivity index (χ0v) is 19.7. The molecule has 2 amide bonds. The van der Waals surface area contributed by atoms with Crippen molar-refractivity contribution < 1.29 is 14.4 Å². The summed E-state index contributed by atoms with van der Waals surface area (Å²) in [7, 11) is 0. The Hall–Kier alpha value is -2.96. The zero-order valence-electron chi connectivity index (χ0n) is 18.1. The van der Waals surface area contributed by atoms with Gasteiger partial charge in [-0.1, -0.05) is 64.0 Å². The second-order valence-electron chi connectivity index (χ2n) is 8.47. The van der Waals surface area contributed by atoms with Gasteiger partial charge in [0.05, 0.1) is 17.4 Å². The van der Waals surface area contributed by atoms with E-state index in [1.54, 1.807) is 5.06 Å². The van der Waals surface area contributed by atoms with E-state index in [-0.39, 0.29) is 11.8 Å². The van der Waals surface area contributed by atoms with Crippen LogP contribution in [0.5, 0.6) is 0 Å². The summed E-state index contributed by atoms with van der Waals surface area (Å²) in [5.74, 6) is -1.18. The van der Waals surface area contributed by atoms with Crippen LogP contribution >= 0.6 is 15.9 Å². The molecule has 5 rings (SSSR count). The number of aryl methyl sites for hydroxylation is 3. The fourth-order valence-corrected chi connectivity index (χ4v) is 5.41. The molecule has 6 heteroatoms. The van der Waals surface area contributed by atoms with Crippen LogP contribution in [0.15, 0.2) is 71.2 Å². The van der Waals surface area contributed by atoms with E-state index in [0.717, 1.165) is 32.4 Å². The first-order chi connectivity index (χ1) is 15.4. The SMILES string of the molecule is Cc1cc(C)c(N2C(=O)[C@@H]3[C@H](ON(c4ccccc4)[C@H]3c3cccc(Br)c3)C2=O)c(C)c1. The number of hydrogen-bond donors (Lipinski definition) is 0. The number of nitrogens with zero attached hydrogens (tertiary/aromatic N) is 2.